The van der Waals surface area contributed by atoms with Crippen LogP contribution in [0.3, 0.4) is 0 Å². The molecular formula is C51H52IrN2OSi2-2. The van der Waals surface area contributed by atoms with E-state index in [0.717, 1.165) is 50.9 Å². The second-order valence-electron chi connectivity index (χ2n) is 18.1. The Morgan fingerprint density at radius 3 is 1.89 bits per heavy atom. The summed E-state index contributed by atoms with van der Waals surface area (Å²) < 4.78 is 6.45. The van der Waals surface area contributed by atoms with E-state index in [1.165, 1.54) is 38.2 Å². The first-order chi connectivity index (χ1) is 26.6. The molecule has 6 heteroatoms. The third kappa shape index (κ3) is 10.1. The second kappa shape index (κ2) is 17.0. The van der Waals surface area contributed by atoms with Gasteiger partial charge in [0, 0.05) is 37.9 Å². The van der Waals surface area contributed by atoms with Gasteiger partial charge in [-0.2, -0.15) is 0 Å². The summed E-state index contributed by atoms with van der Waals surface area (Å²) >= 11 is 0. The quantitative estimate of drug-likeness (QED) is 0.118. The maximum atomic E-state index is 6.45. The largest absolute Gasteiger partial charge is 0.501 e. The van der Waals surface area contributed by atoms with Gasteiger partial charge in [-0.05, 0) is 57.2 Å². The van der Waals surface area contributed by atoms with Crippen molar-refractivity contribution in [2.24, 2.45) is 5.41 Å². The van der Waals surface area contributed by atoms with E-state index in [1.807, 2.05) is 30.6 Å². The number of hydrogen-bond acceptors (Lipinski definition) is 3. The van der Waals surface area contributed by atoms with Gasteiger partial charge in [-0.15, -0.1) is 53.6 Å². The van der Waals surface area contributed by atoms with Gasteiger partial charge >= 0.3 is 0 Å². The first-order valence-corrected chi connectivity index (χ1v) is 26.6. The van der Waals surface area contributed by atoms with Gasteiger partial charge in [0.2, 0.25) is 0 Å². The topological polar surface area (TPSA) is 38.9 Å². The fourth-order valence-corrected chi connectivity index (χ4v) is 9.23. The Balaban J connectivity index is 0.000000207. The predicted molar refractivity (Wildman–Crippen MR) is 244 cm³/mol. The second-order valence-corrected chi connectivity index (χ2v) is 28.2. The molecule has 0 atom stereocenters. The maximum absolute atomic E-state index is 6.45. The summed E-state index contributed by atoms with van der Waals surface area (Å²) in [7, 11) is -2.60. The summed E-state index contributed by atoms with van der Waals surface area (Å²) in [6.07, 6.45) is 4.93. The molecule has 3 nitrogen and oxygen atoms in total. The van der Waals surface area contributed by atoms with Crippen molar-refractivity contribution in [2.75, 3.05) is 0 Å². The maximum Gasteiger partial charge on any atom is 0.121 e. The van der Waals surface area contributed by atoms with Crippen molar-refractivity contribution >= 4 is 48.5 Å². The number of rotatable bonds is 7. The van der Waals surface area contributed by atoms with Gasteiger partial charge < -0.3 is 14.4 Å². The molecule has 0 fully saturated rings. The van der Waals surface area contributed by atoms with Crippen LogP contribution in [-0.2, 0) is 26.5 Å². The molecule has 3 aromatic heterocycles. The number of pyridine rings is 2. The molecular weight excluding hydrogens is 905 g/mol. The Morgan fingerprint density at radius 1 is 0.579 bits per heavy atom. The van der Waals surface area contributed by atoms with Crippen molar-refractivity contribution in [1.29, 1.82) is 0 Å². The fourth-order valence-electron chi connectivity index (χ4n) is 7.03. The Kier molecular flexibility index (Phi) is 12.5. The number of benzene rings is 5. The van der Waals surface area contributed by atoms with Crippen LogP contribution in [0.4, 0.5) is 0 Å². The molecule has 0 amide bonds. The normalized spacial score (nSPS) is 11.9. The van der Waals surface area contributed by atoms with Crippen LogP contribution in [0, 0.1) is 17.5 Å². The van der Waals surface area contributed by atoms with Crippen LogP contribution < -0.4 is 10.4 Å². The van der Waals surface area contributed by atoms with Crippen molar-refractivity contribution in [3.63, 3.8) is 0 Å². The van der Waals surface area contributed by atoms with Gasteiger partial charge in [-0.3, -0.25) is 0 Å². The third-order valence-corrected chi connectivity index (χ3v) is 14.2. The molecule has 291 valence electrons. The van der Waals surface area contributed by atoms with E-state index >= 15 is 0 Å². The molecule has 0 saturated heterocycles. The van der Waals surface area contributed by atoms with Gasteiger partial charge in [0.25, 0.3) is 0 Å². The van der Waals surface area contributed by atoms with E-state index in [1.54, 1.807) is 0 Å². The molecule has 57 heavy (non-hydrogen) atoms. The van der Waals surface area contributed by atoms with Crippen LogP contribution in [0.25, 0.3) is 66.7 Å². The van der Waals surface area contributed by atoms with Crippen molar-refractivity contribution in [1.82, 2.24) is 9.97 Å². The van der Waals surface area contributed by atoms with Gasteiger partial charge in [0.1, 0.15) is 5.58 Å². The Hall–Kier alpha value is -4.72. The number of nitrogens with zero attached hydrogens (tertiary/aromatic N) is 2. The number of furan rings is 1. The van der Waals surface area contributed by atoms with Crippen LogP contribution in [0.2, 0.25) is 39.3 Å². The van der Waals surface area contributed by atoms with E-state index in [0.29, 0.717) is 0 Å². The molecule has 0 N–H and O–H groups in total. The molecule has 3 heterocycles. The molecule has 0 aliphatic rings. The van der Waals surface area contributed by atoms with E-state index in [2.05, 4.69) is 191 Å². The molecule has 8 aromatic rings. The standard InChI is InChI=1S/C31H32NOSi.C20H20NSi.Ir/c1-31(2,3)20-21-16-17-32-28(18-21)27-9-7-8-26-25-15-12-23(19-29(25)33-30(26)27)22-10-13-24(14-11-22)34(4,5)6;1-22(2,3)19-12-13-20(21-15-19)18-11-7-10-17(14-18)16-8-5-4-6-9-16;/h7-8,10-19H,20H2,1-6H3;4-10,12-15H,1-3H3;/q2*-1;. The van der Waals surface area contributed by atoms with Gasteiger partial charge in [-0.25, -0.2) is 0 Å². The zero-order valence-electron chi connectivity index (χ0n) is 34.6. The van der Waals surface area contributed by atoms with Crippen molar-refractivity contribution < 1.29 is 24.5 Å². The molecule has 5 aromatic carbocycles. The minimum Gasteiger partial charge on any atom is -0.501 e. The number of fused-ring (bicyclic) bond motifs is 3. The van der Waals surface area contributed by atoms with E-state index < -0.39 is 16.1 Å². The SMILES string of the molecule is CC(C)(C)Cc1ccnc(-c2[c-]ccc3c2oc2cc(-c4ccc([Si](C)(C)C)cc4)ccc23)c1.C[Si](C)(C)c1ccc(-c2[c-]ccc(-c3ccccc3)c2)nc1.[Ir]. The summed E-state index contributed by atoms with van der Waals surface area (Å²) in [5.74, 6) is 0. The average Bonchev–Trinajstić information content (AvgIpc) is 3.56. The zero-order valence-corrected chi connectivity index (χ0v) is 39.0. The minimum absolute atomic E-state index is 0. The summed E-state index contributed by atoms with van der Waals surface area (Å²) in [6.45, 7) is 20.9. The van der Waals surface area contributed by atoms with E-state index in [9.17, 15) is 0 Å². The van der Waals surface area contributed by atoms with E-state index in [4.69, 9.17) is 4.42 Å². The van der Waals surface area contributed by atoms with Gasteiger partial charge in [0.15, 0.2) is 0 Å². The monoisotopic (exact) mass is 957 g/mol. The van der Waals surface area contributed by atoms with Crippen LogP contribution in [-0.4, -0.2) is 26.1 Å². The Morgan fingerprint density at radius 2 is 1.23 bits per heavy atom. The summed E-state index contributed by atoms with van der Waals surface area (Å²) in [5, 5.41) is 5.09. The first kappa shape index (κ1) is 41.9. The number of aromatic nitrogens is 2. The zero-order chi connectivity index (χ0) is 39.7. The molecule has 1 radical (unpaired) electrons. The first-order valence-electron chi connectivity index (χ1n) is 19.6. The van der Waals surface area contributed by atoms with Crippen molar-refractivity contribution in [3.8, 4) is 44.8 Å². The predicted octanol–water partition coefficient (Wildman–Crippen LogP) is 13.0. The third-order valence-electron chi connectivity index (χ3n) is 10.1. The molecule has 0 unspecified atom stereocenters. The minimum atomic E-state index is -1.31. The molecule has 0 spiro atoms. The van der Waals surface area contributed by atoms with Crippen molar-refractivity contribution in [3.05, 3.63) is 157 Å². The molecule has 0 aliphatic carbocycles. The van der Waals surface area contributed by atoms with Gasteiger partial charge in [0.05, 0.1) is 21.7 Å². The smallest absolute Gasteiger partial charge is 0.121 e. The van der Waals surface area contributed by atoms with Crippen LogP contribution >= 0.6 is 0 Å². The Labute approximate surface area is 355 Å². The summed E-state index contributed by atoms with van der Waals surface area (Å²) in [6, 6.07) is 51.6. The van der Waals surface area contributed by atoms with Crippen LogP contribution in [0.15, 0.2) is 144 Å². The molecule has 0 bridgehead atoms. The van der Waals surface area contributed by atoms with Crippen LogP contribution in [0.1, 0.15) is 26.3 Å². The average molecular weight is 957 g/mol. The Bertz CT molecular complexity index is 2590. The molecule has 0 saturated carbocycles. The summed E-state index contributed by atoms with van der Waals surface area (Å²) in [5.41, 5.74) is 11.9. The molecule has 8 rings (SSSR count). The van der Waals surface area contributed by atoms with Crippen molar-refractivity contribution in [2.45, 2.75) is 66.5 Å². The molecule has 0 aliphatic heterocycles. The fraction of sp³-hybridized carbons (Fsp3) is 0.216. The summed E-state index contributed by atoms with van der Waals surface area (Å²) in [4.78, 5) is 9.32. The van der Waals surface area contributed by atoms with E-state index in [-0.39, 0.29) is 25.5 Å². The van der Waals surface area contributed by atoms with Crippen LogP contribution in [0.5, 0.6) is 0 Å². The number of hydrogen-bond donors (Lipinski definition) is 0. The van der Waals surface area contributed by atoms with Gasteiger partial charge in [-0.1, -0.05) is 167 Å².